The summed E-state index contributed by atoms with van der Waals surface area (Å²) in [6.07, 6.45) is 3.86. The molecule has 0 atom stereocenters. The van der Waals surface area contributed by atoms with E-state index in [1.54, 1.807) is 29.3 Å². The number of rotatable bonds is 5. The summed E-state index contributed by atoms with van der Waals surface area (Å²) in [5.41, 5.74) is 2.60. The minimum Gasteiger partial charge on any atom is -0.346 e. The summed E-state index contributed by atoms with van der Waals surface area (Å²) in [6, 6.07) is 4.96. The van der Waals surface area contributed by atoms with E-state index >= 15 is 0 Å². The molecule has 134 valence electrons. The van der Waals surface area contributed by atoms with E-state index in [4.69, 9.17) is 0 Å². The summed E-state index contributed by atoms with van der Waals surface area (Å²) in [5, 5.41) is 0. The molecule has 2 heterocycles. The number of fused-ring (bicyclic) bond motifs is 1. The molecule has 1 aromatic heterocycles. The zero-order valence-electron chi connectivity index (χ0n) is 14.4. The number of H-pyrrole nitrogens is 1. The molecule has 0 spiro atoms. The van der Waals surface area contributed by atoms with Gasteiger partial charge < -0.3 is 9.88 Å². The van der Waals surface area contributed by atoms with Crippen molar-refractivity contribution in [2.45, 2.75) is 38.0 Å². The highest BCUT2D eigenvalue weighted by molar-refractivity contribution is 7.89. The second-order valence-electron chi connectivity index (χ2n) is 6.21. The Hall–Kier alpha value is -2.19. The number of aromatic amines is 1. The molecule has 0 aliphatic carbocycles. The molecular weight excluding hydrogens is 340 g/mol. The largest absolute Gasteiger partial charge is 0.346 e. The van der Waals surface area contributed by atoms with Crippen LogP contribution in [0.5, 0.6) is 0 Å². The lowest BCUT2D eigenvalue weighted by Gasteiger charge is -2.28. The van der Waals surface area contributed by atoms with Gasteiger partial charge in [0.25, 0.3) is 0 Å². The minimum absolute atomic E-state index is 0.0236. The van der Waals surface area contributed by atoms with Gasteiger partial charge in [0.15, 0.2) is 0 Å². The Kier molecular flexibility index (Phi) is 4.91. The van der Waals surface area contributed by atoms with Crippen molar-refractivity contribution in [2.75, 3.05) is 18.0 Å². The van der Waals surface area contributed by atoms with Crippen molar-refractivity contribution in [1.29, 1.82) is 0 Å². The molecule has 1 aromatic carbocycles. The van der Waals surface area contributed by atoms with Gasteiger partial charge in [0.05, 0.1) is 4.90 Å². The molecule has 1 aliphatic heterocycles. The zero-order chi connectivity index (χ0) is 18.0. The molecule has 8 heteroatoms. The molecule has 0 fully saturated rings. The van der Waals surface area contributed by atoms with Crippen LogP contribution in [0, 0.1) is 6.92 Å². The number of sulfonamides is 1. The fourth-order valence-corrected chi connectivity index (χ4v) is 4.15. The normalized spacial score (nSPS) is 14.4. The van der Waals surface area contributed by atoms with Crippen LogP contribution in [0.25, 0.3) is 0 Å². The van der Waals surface area contributed by atoms with Crippen LogP contribution < -0.4 is 9.62 Å². The third-order valence-electron chi connectivity index (χ3n) is 4.30. The van der Waals surface area contributed by atoms with E-state index in [1.165, 1.54) is 6.92 Å². The lowest BCUT2D eigenvalue weighted by molar-refractivity contribution is -0.116. The molecule has 2 N–H and O–H groups in total. The number of amides is 1. The first-order chi connectivity index (χ1) is 11.9. The van der Waals surface area contributed by atoms with Crippen molar-refractivity contribution >= 4 is 21.6 Å². The number of carbonyl (C=O) groups is 1. The molecule has 0 radical (unpaired) electrons. The maximum Gasteiger partial charge on any atom is 0.240 e. The number of nitrogens with one attached hydrogen (secondary N) is 2. The molecule has 0 saturated heterocycles. The van der Waals surface area contributed by atoms with Crippen molar-refractivity contribution in [3.05, 3.63) is 41.5 Å². The smallest absolute Gasteiger partial charge is 0.240 e. The van der Waals surface area contributed by atoms with Gasteiger partial charge in [0, 0.05) is 44.0 Å². The number of aryl methyl sites for hydroxylation is 2. The maximum atomic E-state index is 12.5. The highest BCUT2D eigenvalue weighted by Gasteiger charge is 2.22. The van der Waals surface area contributed by atoms with Gasteiger partial charge in [0.1, 0.15) is 5.82 Å². The quantitative estimate of drug-likeness (QED) is 0.843. The van der Waals surface area contributed by atoms with Crippen LogP contribution in [0.1, 0.15) is 30.4 Å². The van der Waals surface area contributed by atoms with Crippen molar-refractivity contribution in [3.63, 3.8) is 0 Å². The number of hydrogen-bond donors (Lipinski definition) is 2. The third kappa shape index (κ3) is 3.91. The molecule has 1 aliphatic rings. The van der Waals surface area contributed by atoms with E-state index in [1.807, 2.05) is 6.92 Å². The van der Waals surface area contributed by atoms with Crippen LogP contribution >= 0.6 is 0 Å². The predicted molar refractivity (Wildman–Crippen MR) is 95.0 cm³/mol. The first-order valence-corrected chi connectivity index (χ1v) is 9.76. The second kappa shape index (κ2) is 6.97. The van der Waals surface area contributed by atoms with Gasteiger partial charge in [-0.1, -0.05) is 0 Å². The number of carbonyl (C=O) groups excluding carboxylic acids is 1. The van der Waals surface area contributed by atoms with Crippen molar-refractivity contribution in [3.8, 4) is 0 Å². The van der Waals surface area contributed by atoms with Gasteiger partial charge >= 0.3 is 0 Å². The lowest BCUT2D eigenvalue weighted by Crippen LogP contribution is -2.33. The van der Waals surface area contributed by atoms with Crippen LogP contribution in [0.15, 0.2) is 29.3 Å². The van der Waals surface area contributed by atoms with E-state index in [0.29, 0.717) is 19.5 Å². The van der Waals surface area contributed by atoms with Gasteiger partial charge in [-0.15, -0.1) is 0 Å². The number of nitrogens with zero attached hydrogens (tertiary/aromatic N) is 2. The molecule has 0 bridgehead atoms. The van der Waals surface area contributed by atoms with Gasteiger partial charge in [-0.05, 0) is 43.5 Å². The highest BCUT2D eigenvalue weighted by atomic mass is 32.2. The van der Waals surface area contributed by atoms with Gasteiger partial charge in [-0.25, -0.2) is 18.1 Å². The van der Waals surface area contributed by atoms with Crippen LogP contribution in [-0.2, 0) is 27.7 Å². The summed E-state index contributed by atoms with van der Waals surface area (Å²) in [7, 11) is -3.58. The average Bonchev–Trinajstić information content (AvgIpc) is 2.98. The van der Waals surface area contributed by atoms with Gasteiger partial charge in [-0.2, -0.15) is 0 Å². The van der Waals surface area contributed by atoms with Crippen LogP contribution in [0.3, 0.4) is 0 Å². The van der Waals surface area contributed by atoms with E-state index < -0.39 is 10.0 Å². The Morgan fingerprint density at radius 1 is 1.40 bits per heavy atom. The summed E-state index contributed by atoms with van der Waals surface area (Å²) in [6.45, 7) is 4.35. The van der Waals surface area contributed by atoms with E-state index in [0.717, 1.165) is 35.6 Å². The number of hydrogen-bond acceptors (Lipinski definition) is 4. The fourth-order valence-electron chi connectivity index (χ4n) is 3.07. The Bertz CT molecular complexity index is 889. The Balaban J connectivity index is 1.73. The summed E-state index contributed by atoms with van der Waals surface area (Å²) >= 11 is 0. The van der Waals surface area contributed by atoms with Crippen LogP contribution in [0.2, 0.25) is 0 Å². The van der Waals surface area contributed by atoms with Gasteiger partial charge in [-0.3, -0.25) is 4.79 Å². The minimum atomic E-state index is -3.58. The number of aromatic nitrogens is 2. The first-order valence-electron chi connectivity index (χ1n) is 8.28. The molecule has 0 unspecified atom stereocenters. The Morgan fingerprint density at radius 3 is 2.88 bits per heavy atom. The van der Waals surface area contributed by atoms with Crippen LogP contribution in [0.4, 0.5) is 5.69 Å². The number of benzene rings is 1. The van der Waals surface area contributed by atoms with Crippen molar-refractivity contribution in [1.82, 2.24) is 14.7 Å². The topological polar surface area (TPSA) is 95.2 Å². The monoisotopic (exact) mass is 362 g/mol. The molecular formula is C17H22N4O3S. The maximum absolute atomic E-state index is 12.5. The predicted octanol–water partition coefficient (Wildman–Crippen LogP) is 1.54. The first kappa shape index (κ1) is 17.6. The average molecular weight is 362 g/mol. The molecule has 0 saturated carbocycles. The number of imidazole rings is 1. The summed E-state index contributed by atoms with van der Waals surface area (Å²) in [4.78, 5) is 20.8. The van der Waals surface area contributed by atoms with E-state index in [2.05, 4.69) is 14.7 Å². The van der Waals surface area contributed by atoms with Crippen molar-refractivity contribution < 1.29 is 13.2 Å². The fraction of sp³-hybridized carbons (Fsp3) is 0.412. The number of anilines is 1. The Labute approximate surface area is 147 Å². The standard InChI is InChI=1S/C17H22N4O3S/c1-12-18-11-15(20-12)7-8-19-25(23,24)16-5-6-17-14(10-16)4-3-9-21(17)13(2)22/h5-6,10-11,19H,3-4,7-9H2,1-2H3,(H,18,20). The second-order valence-corrected chi connectivity index (χ2v) is 7.97. The van der Waals surface area contributed by atoms with Gasteiger partial charge in [0.2, 0.25) is 15.9 Å². The lowest BCUT2D eigenvalue weighted by atomic mass is 10.0. The molecule has 25 heavy (non-hydrogen) atoms. The Morgan fingerprint density at radius 2 is 2.20 bits per heavy atom. The SMILES string of the molecule is CC(=O)N1CCCc2cc(S(=O)(=O)NCCc3cnc(C)[nH]3)ccc21. The van der Waals surface area contributed by atoms with E-state index in [9.17, 15) is 13.2 Å². The summed E-state index contributed by atoms with van der Waals surface area (Å²) in [5.74, 6) is 0.784. The molecule has 2 aromatic rings. The van der Waals surface area contributed by atoms with Crippen molar-refractivity contribution in [2.24, 2.45) is 0 Å². The summed E-state index contributed by atoms with van der Waals surface area (Å²) < 4.78 is 27.6. The zero-order valence-corrected chi connectivity index (χ0v) is 15.2. The van der Waals surface area contributed by atoms with Crippen LogP contribution in [-0.4, -0.2) is 37.4 Å². The van der Waals surface area contributed by atoms with E-state index in [-0.39, 0.29) is 10.8 Å². The molecule has 7 nitrogen and oxygen atoms in total. The third-order valence-corrected chi connectivity index (χ3v) is 5.76. The highest BCUT2D eigenvalue weighted by Crippen LogP contribution is 2.29. The molecule has 3 rings (SSSR count). The molecule has 1 amide bonds.